The first-order valence-corrected chi connectivity index (χ1v) is 8.95. The molecule has 0 radical (unpaired) electrons. The van der Waals surface area contributed by atoms with Crippen LogP contribution in [-0.4, -0.2) is 20.3 Å². The van der Waals surface area contributed by atoms with E-state index in [0.29, 0.717) is 17.2 Å². The van der Waals surface area contributed by atoms with Gasteiger partial charge in [-0.2, -0.15) is 13.2 Å². The highest BCUT2D eigenvalue weighted by Crippen LogP contribution is 2.32. The molecule has 2 aromatic carbocycles. The maximum absolute atomic E-state index is 13.0. The van der Waals surface area contributed by atoms with E-state index in [1.165, 1.54) is 19.1 Å². The van der Waals surface area contributed by atoms with Crippen molar-refractivity contribution in [2.24, 2.45) is 0 Å². The summed E-state index contributed by atoms with van der Waals surface area (Å²) in [4.78, 5) is 19.8. The summed E-state index contributed by atoms with van der Waals surface area (Å²) < 4.78 is 40.7. The summed E-state index contributed by atoms with van der Waals surface area (Å²) in [6, 6.07) is 12.1. The maximum Gasteiger partial charge on any atom is 0.416 e. The van der Waals surface area contributed by atoms with Crippen LogP contribution in [0.15, 0.2) is 67.1 Å². The molecule has 0 saturated carbocycles. The van der Waals surface area contributed by atoms with Gasteiger partial charge in [0.2, 0.25) is 5.91 Å². The predicted molar refractivity (Wildman–Crippen MR) is 107 cm³/mol. The molecule has 0 aliphatic rings. The highest BCUT2D eigenvalue weighted by molar-refractivity contribution is 5.89. The van der Waals surface area contributed by atoms with Crippen LogP contribution in [0.25, 0.3) is 16.9 Å². The van der Waals surface area contributed by atoms with Crippen LogP contribution in [0.3, 0.4) is 0 Å². The van der Waals surface area contributed by atoms with E-state index in [1.807, 2.05) is 12.1 Å². The van der Waals surface area contributed by atoms with Crippen LogP contribution in [0.5, 0.6) is 0 Å². The second-order valence-electron chi connectivity index (χ2n) is 6.57. The fraction of sp³-hybridized carbons (Fsp3) is 0.0952. The molecular formula is C21H16F3N5O. The van der Waals surface area contributed by atoms with Gasteiger partial charge in [-0.15, -0.1) is 0 Å². The first-order chi connectivity index (χ1) is 14.3. The lowest BCUT2D eigenvalue weighted by Crippen LogP contribution is -2.06. The standard InChI is InChI=1S/C21H16F3N5O/c1-13(30)27-16-7-5-14(6-8-16)18-12-26-20-19(25-9-10-29(18)20)28-17-4-2-3-15(11-17)21(22,23)24/h2-12H,1H3,(H,25,28)(H,27,30). The SMILES string of the molecule is CC(=O)Nc1ccc(-c2cnc3c(Nc4cccc(C(F)(F)F)c4)nccn23)cc1. The molecule has 0 aliphatic heterocycles. The van der Waals surface area contributed by atoms with Crippen molar-refractivity contribution in [1.82, 2.24) is 14.4 Å². The van der Waals surface area contributed by atoms with Gasteiger partial charge in [0, 0.05) is 36.3 Å². The first kappa shape index (κ1) is 19.4. The average molecular weight is 411 g/mol. The number of alkyl halides is 3. The summed E-state index contributed by atoms with van der Waals surface area (Å²) in [6.07, 6.45) is 0.485. The Morgan fingerprint density at radius 1 is 1.03 bits per heavy atom. The van der Waals surface area contributed by atoms with Gasteiger partial charge in [0.1, 0.15) is 0 Å². The number of carbonyl (C=O) groups is 1. The average Bonchev–Trinajstić information content (AvgIpc) is 3.13. The summed E-state index contributed by atoms with van der Waals surface area (Å²) in [5.74, 6) is 0.173. The molecule has 2 heterocycles. The Hall–Kier alpha value is -3.88. The van der Waals surface area contributed by atoms with E-state index >= 15 is 0 Å². The minimum absolute atomic E-state index is 0.158. The molecule has 0 atom stereocenters. The summed E-state index contributed by atoms with van der Waals surface area (Å²) in [7, 11) is 0. The number of carbonyl (C=O) groups excluding carboxylic acids is 1. The Balaban J connectivity index is 1.66. The van der Waals surface area contributed by atoms with Crippen LogP contribution in [-0.2, 0) is 11.0 Å². The number of nitrogens with one attached hydrogen (secondary N) is 2. The zero-order valence-electron chi connectivity index (χ0n) is 15.7. The number of benzene rings is 2. The molecule has 152 valence electrons. The van der Waals surface area contributed by atoms with Crippen LogP contribution >= 0.6 is 0 Å². The molecule has 2 N–H and O–H groups in total. The molecule has 0 fully saturated rings. The largest absolute Gasteiger partial charge is 0.416 e. The minimum atomic E-state index is -4.43. The lowest BCUT2D eigenvalue weighted by Gasteiger charge is -2.11. The summed E-state index contributed by atoms with van der Waals surface area (Å²) in [5.41, 5.74) is 2.28. The number of imidazole rings is 1. The monoisotopic (exact) mass is 411 g/mol. The van der Waals surface area contributed by atoms with Gasteiger partial charge < -0.3 is 10.6 Å². The Kier molecular flexibility index (Phi) is 4.86. The Morgan fingerprint density at radius 2 is 1.80 bits per heavy atom. The van der Waals surface area contributed by atoms with Crippen molar-refractivity contribution < 1.29 is 18.0 Å². The molecular weight excluding hydrogens is 395 g/mol. The number of fused-ring (bicyclic) bond motifs is 1. The van der Waals surface area contributed by atoms with Crippen LogP contribution in [0.4, 0.5) is 30.4 Å². The minimum Gasteiger partial charge on any atom is -0.337 e. The number of hydrogen-bond acceptors (Lipinski definition) is 4. The van der Waals surface area contributed by atoms with E-state index < -0.39 is 11.7 Å². The quantitative estimate of drug-likeness (QED) is 0.489. The van der Waals surface area contributed by atoms with Crippen molar-refractivity contribution in [3.8, 4) is 11.3 Å². The van der Waals surface area contributed by atoms with Gasteiger partial charge in [-0.25, -0.2) is 9.97 Å². The van der Waals surface area contributed by atoms with Crippen molar-refractivity contribution in [2.75, 3.05) is 10.6 Å². The molecule has 4 aromatic rings. The van der Waals surface area contributed by atoms with E-state index in [1.54, 1.807) is 35.1 Å². The molecule has 0 unspecified atom stereocenters. The highest BCUT2D eigenvalue weighted by Gasteiger charge is 2.30. The number of halogens is 3. The third-order valence-electron chi connectivity index (χ3n) is 4.38. The smallest absolute Gasteiger partial charge is 0.337 e. The van der Waals surface area contributed by atoms with E-state index in [2.05, 4.69) is 20.6 Å². The third kappa shape index (κ3) is 3.95. The Bertz CT molecular complexity index is 1220. The van der Waals surface area contributed by atoms with Gasteiger partial charge in [-0.3, -0.25) is 9.20 Å². The van der Waals surface area contributed by atoms with Crippen LogP contribution in [0.1, 0.15) is 12.5 Å². The predicted octanol–water partition coefficient (Wildman–Crippen LogP) is 5.12. The Labute approximate surface area is 169 Å². The first-order valence-electron chi connectivity index (χ1n) is 8.95. The molecule has 0 aliphatic carbocycles. The number of nitrogens with zero attached hydrogens (tertiary/aromatic N) is 3. The zero-order valence-corrected chi connectivity index (χ0v) is 15.7. The number of hydrogen-bond donors (Lipinski definition) is 2. The van der Waals surface area contributed by atoms with Gasteiger partial charge in [0.15, 0.2) is 11.5 Å². The van der Waals surface area contributed by atoms with Crippen molar-refractivity contribution in [3.63, 3.8) is 0 Å². The van der Waals surface area contributed by atoms with Crippen LogP contribution in [0, 0.1) is 0 Å². The fourth-order valence-corrected chi connectivity index (χ4v) is 3.06. The second-order valence-corrected chi connectivity index (χ2v) is 6.57. The number of amides is 1. The lowest BCUT2D eigenvalue weighted by atomic mass is 10.1. The van der Waals surface area contributed by atoms with E-state index in [0.717, 1.165) is 23.4 Å². The summed E-state index contributed by atoms with van der Waals surface area (Å²) in [5, 5.41) is 5.62. The topological polar surface area (TPSA) is 71.3 Å². The molecule has 0 spiro atoms. The molecule has 30 heavy (non-hydrogen) atoms. The Morgan fingerprint density at radius 3 is 2.50 bits per heavy atom. The molecule has 6 nitrogen and oxygen atoms in total. The van der Waals surface area contributed by atoms with Gasteiger partial charge in [0.25, 0.3) is 0 Å². The summed E-state index contributed by atoms with van der Waals surface area (Å²) in [6.45, 7) is 1.43. The molecule has 0 bridgehead atoms. The van der Waals surface area contributed by atoms with Gasteiger partial charge in [-0.05, 0) is 30.3 Å². The van der Waals surface area contributed by atoms with E-state index in [4.69, 9.17) is 0 Å². The van der Waals surface area contributed by atoms with Crippen molar-refractivity contribution in [1.29, 1.82) is 0 Å². The van der Waals surface area contributed by atoms with Crippen molar-refractivity contribution >= 4 is 28.7 Å². The zero-order chi connectivity index (χ0) is 21.3. The normalized spacial score (nSPS) is 11.5. The van der Waals surface area contributed by atoms with Crippen LogP contribution in [0.2, 0.25) is 0 Å². The molecule has 4 rings (SSSR count). The maximum atomic E-state index is 13.0. The third-order valence-corrected chi connectivity index (χ3v) is 4.38. The highest BCUT2D eigenvalue weighted by atomic mass is 19.4. The van der Waals surface area contributed by atoms with Crippen LogP contribution < -0.4 is 10.6 Å². The molecule has 2 aromatic heterocycles. The van der Waals surface area contributed by atoms with Crippen molar-refractivity contribution in [2.45, 2.75) is 13.1 Å². The van der Waals surface area contributed by atoms with E-state index in [9.17, 15) is 18.0 Å². The van der Waals surface area contributed by atoms with Gasteiger partial charge in [0.05, 0.1) is 17.5 Å². The number of rotatable bonds is 4. The molecule has 0 saturated heterocycles. The fourth-order valence-electron chi connectivity index (χ4n) is 3.06. The van der Waals surface area contributed by atoms with Gasteiger partial charge in [-0.1, -0.05) is 18.2 Å². The van der Waals surface area contributed by atoms with E-state index in [-0.39, 0.29) is 11.6 Å². The number of anilines is 3. The van der Waals surface area contributed by atoms with Gasteiger partial charge >= 0.3 is 6.18 Å². The summed E-state index contributed by atoms with van der Waals surface area (Å²) >= 11 is 0. The second kappa shape index (κ2) is 7.51. The number of aromatic nitrogens is 3. The lowest BCUT2D eigenvalue weighted by molar-refractivity contribution is -0.137. The molecule has 1 amide bonds. The molecule has 9 heteroatoms. The van der Waals surface area contributed by atoms with Crippen molar-refractivity contribution in [3.05, 3.63) is 72.7 Å².